The maximum Gasteiger partial charge on any atom is 0.258 e. The smallest absolute Gasteiger partial charge is 0.258 e. The molecule has 4 amide bonds. The monoisotopic (exact) mass is 738 g/mol. The number of imidazole rings is 1. The number of rotatable bonds is 8. The van der Waals surface area contributed by atoms with E-state index in [-0.39, 0.29) is 62.7 Å². The number of carbonyl (C=O) groups is 4. The lowest BCUT2D eigenvalue weighted by Gasteiger charge is -2.33. The molecule has 0 saturated heterocycles. The summed E-state index contributed by atoms with van der Waals surface area (Å²) in [5, 5.41) is 16.8. The lowest BCUT2D eigenvalue weighted by atomic mass is 9.75. The molecule has 0 spiro atoms. The molecule has 4 aromatic rings. The number of carbonyl (C=O) groups excluding carboxylic acids is 4. The van der Waals surface area contributed by atoms with Gasteiger partial charge in [0.25, 0.3) is 5.91 Å². The zero-order valence-corrected chi connectivity index (χ0v) is 31.2. The number of nitrogens with one attached hydrogen (secondary N) is 4. The van der Waals surface area contributed by atoms with Crippen molar-refractivity contribution in [3.63, 3.8) is 0 Å². The average molecular weight is 739 g/mol. The van der Waals surface area contributed by atoms with Gasteiger partial charge in [-0.1, -0.05) is 25.0 Å². The van der Waals surface area contributed by atoms with Gasteiger partial charge >= 0.3 is 0 Å². The van der Waals surface area contributed by atoms with Gasteiger partial charge < -0.3 is 34.7 Å². The molecular weight excluding hydrogens is 688 g/mol. The Morgan fingerprint density at radius 2 is 1.94 bits per heavy atom. The molecule has 3 aliphatic rings. The van der Waals surface area contributed by atoms with Crippen LogP contribution in [0.4, 0.5) is 0 Å². The van der Waals surface area contributed by atoms with E-state index in [0.29, 0.717) is 49.8 Å². The Labute approximate surface area is 314 Å². The first kappa shape index (κ1) is 36.9. The number of aryl methyl sites for hydroxylation is 2. The Bertz CT molecular complexity index is 2020. The van der Waals surface area contributed by atoms with Crippen LogP contribution in [-0.2, 0) is 51.4 Å². The van der Waals surface area contributed by atoms with Gasteiger partial charge in [0, 0.05) is 50.7 Å². The van der Waals surface area contributed by atoms with Crippen LogP contribution in [0, 0.1) is 18.3 Å². The van der Waals surface area contributed by atoms with Gasteiger partial charge in [0.05, 0.1) is 36.9 Å². The van der Waals surface area contributed by atoms with E-state index in [2.05, 4.69) is 31.1 Å². The lowest BCUT2D eigenvalue weighted by molar-refractivity contribution is -0.133. The summed E-state index contributed by atoms with van der Waals surface area (Å²) >= 11 is 0. The van der Waals surface area contributed by atoms with Gasteiger partial charge in [-0.15, -0.1) is 0 Å². The van der Waals surface area contributed by atoms with Crippen molar-refractivity contribution in [2.75, 3.05) is 39.9 Å². The first-order valence-electron chi connectivity index (χ1n) is 19.1. The quantitative estimate of drug-likeness (QED) is 0.214. The van der Waals surface area contributed by atoms with Crippen molar-refractivity contribution < 1.29 is 28.7 Å². The van der Waals surface area contributed by atoms with Crippen molar-refractivity contribution >= 4 is 29.3 Å². The topological polar surface area (TPSA) is 172 Å². The average Bonchev–Trinajstić information content (AvgIpc) is 3.49. The lowest BCUT2D eigenvalue weighted by Crippen LogP contribution is -2.50. The van der Waals surface area contributed by atoms with Crippen LogP contribution in [0.25, 0.3) is 5.65 Å². The van der Waals surface area contributed by atoms with Gasteiger partial charge in [-0.25, -0.2) is 4.98 Å². The summed E-state index contributed by atoms with van der Waals surface area (Å²) in [6, 6.07) is 9.39. The number of amides is 4. The summed E-state index contributed by atoms with van der Waals surface area (Å²) in [6.07, 6.45) is 10.3. The summed E-state index contributed by atoms with van der Waals surface area (Å²) in [4.78, 5) is 60.8. The number of ether oxygens (including phenoxy) is 2. The molecule has 1 unspecified atom stereocenters. The van der Waals surface area contributed by atoms with Gasteiger partial charge in [-0.05, 0) is 86.3 Å². The normalized spacial score (nSPS) is 19.9. The summed E-state index contributed by atoms with van der Waals surface area (Å²) in [6.45, 7) is 2.95. The molecule has 2 bridgehead atoms. The zero-order chi connectivity index (χ0) is 37.7. The number of nitrogens with zero attached hydrogens (tertiary/aromatic N) is 4. The van der Waals surface area contributed by atoms with E-state index < -0.39 is 5.41 Å². The molecular formula is C40H50N8O6. The third-order valence-corrected chi connectivity index (χ3v) is 10.9. The Morgan fingerprint density at radius 1 is 1.07 bits per heavy atom. The minimum Gasteiger partial charge on any atom is -0.493 e. The van der Waals surface area contributed by atoms with Crippen LogP contribution in [0.5, 0.6) is 11.5 Å². The van der Waals surface area contributed by atoms with Gasteiger partial charge in [0.15, 0.2) is 18.1 Å². The van der Waals surface area contributed by atoms with Crippen LogP contribution in [-0.4, -0.2) is 88.0 Å². The predicted octanol–water partition coefficient (Wildman–Crippen LogP) is 2.98. The van der Waals surface area contributed by atoms with Crippen LogP contribution in [0.15, 0.2) is 42.7 Å². The van der Waals surface area contributed by atoms with Gasteiger partial charge in [-0.2, -0.15) is 5.10 Å². The van der Waals surface area contributed by atoms with Crippen molar-refractivity contribution in [3.05, 3.63) is 76.5 Å². The van der Waals surface area contributed by atoms with Crippen molar-refractivity contribution in [2.45, 2.75) is 77.7 Å². The Hall–Kier alpha value is -5.40. The number of hydrogen-bond donors (Lipinski definition) is 4. The molecule has 4 heterocycles. The maximum atomic E-state index is 14.5. The summed E-state index contributed by atoms with van der Waals surface area (Å²) in [5.41, 5.74) is 5.61. The summed E-state index contributed by atoms with van der Waals surface area (Å²) in [7, 11) is 1.53. The highest BCUT2D eigenvalue weighted by molar-refractivity contribution is 5.85. The molecule has 14 heteroatoms. The second-order valence-electron chi connectivity index (χ2n) is 15.0. The fourth-order valence-corrected chi connectivity index (χ4v) is 7.83. The van der Waals surface area contributed by atoms with Crippen LogP contribution in [0.3, 0.4) is 0 Å². The van der Waals surface area contributed by atoms with Gasteiger partial charge in [0.1, 0.15) is 5.65 Å². The molecule has 2 aliphatic carbocycles. The van der Waals surface area contributed by atoms with Crippen molar-refractivity contribution in [3.8, 4) is 11.5 Å². The van der Waals surface area contributed by atoms with Crippen molar-refractivity contribution in [1.82, 2.24) is 40.4 Å². The molecule has 14 nitrogen and oxygen atoms in total. The van der Waals surface area contributed by atoms with Gasteiger partial charge in [0.2, 0.25) is 17.7 Å². The molecule has 1 aromatic carbocycles. The highest BCUT2D eigenvalue weighted by atomic mass is 16.5. The molecule has 54 heavy (non-hydrogen) atoms. The summed E-state index contributed by atoms with van der Waals surface area (Å²) in [5.74, 6) is 0.389. The number of pyridine rings is 1. The number of fused-ring (bicyclic) bond motifs is 4. The van der Waals surface area contributed by atoms with Crippen LogP contribution >= 0.6 is 0 Å². The molecule has 1 atom stereocenters. The molecule has 3 aromatic heterocycles. The van der Waals surface area contributed by atoms with Crippen LogP contribution in [0.1, 0.15) is 72.3 Å². The minimum atomic E-state index is -0.959. The van der Waals surface area contributed by atoms with E-state index in [1.165, 1.54) is 12.7 Å². The van der Waals surface area contributed by atoms with E-state index in [0.717, 1.165) is 66.0 Å². The highest BCUT2D eigenvalue weighted by Gasteiger charge is 2.43. The predicted molar refractivity (Wildman–Crippen MR) is 200 cm³/mol. The third-order valence-electron chi connectivity index (χ3n) is 10.9. The largest absolute Gasteiger partial charge is 0.493 e. The Kier molecular flexibility index (Phi) is 11.2. The van der Waals surface area contributed by atoms with Gasteiger partial charge in [-0.3, -0.25) is 24.3 Å². The molecule has 286 valence electrons. The van der Waals surface area contributed by atoms with Crippen molar-refractivity contribution in [2.24, 2.45) is 11.3 Å². The second-order valence-corrected chi connectivity index (χ2v) is 15.0. The van der Waals surface area contributed by atoms with E-state index >= 15 is 0 Å². The fourth-order valence-electron chi connectivity index (χ4n) is 7.83. The number of benzene rings is 1. The standard InChI is InChI=1S/C40H50N8O6/c1-26-6-4-16-48-29(22-42-38(26)48)19-37(51)47-15-5-9-35(49)44-25-40(20-27-10-11-27,39(52)43-23-32-30-7-3-8-31(30)45-46-32)21-28-12-13-33(53-2)34(18-28)54-24-36(50)41-14-17-47/h4,6,12-13,16,18,22,27H,3,5,7-11,14-15,17,19-21,23-25H2,1-2H3,(H,41,50)(H,43,52)(H,44,49)(H,45,46). The van der Waals surface area contributed by atoms with Crippen molar-refractivity contribution in [1.29, 1.82) is 0 Å². The first-order valence-corrected chi connectivity index (χ1v) is 19.1. The van der Waals surface area contributed by atoms with E-state index in [1.54, 1.807) is 17.2 Å². The maximum absolute atomic E-state index is 14.5. The third kappa shape index (κ3) is 8.53. The van der Waals surface area contributed by atoms with Crippen LogP contribution in [0.2, 0.25) is 0 Å². The highest BCUT2D eigenvalue weighted by Crippen LogP contribution is 2.43. The number of aromatic amines is 1. The van der Waals surface area contributed by atoms with E-state index in [4.69, 9.17) is 9.47 Å². The fraction of sp³-hybridized carbons (Fsp3) is 0.500. The molecule has 0 radical (unpaired) electrons. The Balaban J connectivity index is 1.12. The molecule has 7 rings (SSSR count). The second kappa shape index (κ2) is 16.3. The van der Waals surface area contributed by atoms with E-state index in [1.807, 2.05) is 41.8 Å². The number of methoxy groups -OCH3 is 1. The molecule has 1 fully saturated rings. The number of aromatic nitrogens is 4. The number of H-pyrrole nitrogens is 1. The van der Waals surface area contributed by atoms with E-state index in [9.17, 15) is 19.2 Å². The summed E-state index contributed by atoms with van der Waals surface area (Å²) < 4.78 is 13.5. The first-order chi connectivity index (χ1) is 26.2. The zero-order valence-electron chi connectivity index (χ0n) is 31.2. The Morgan fingerprint density at radius 3 is 2.78 bits per heavy atom. The minimum absolute atomic E-state index is 0.115. The van der Waals surface area contributed by atoms with Crippen LogP contribution < -0.4 is 25.4 Å². The molecule has 1 aliphatic heterocycles. The number of hydrogen-bond acceptors (Lipinski definition) is 8. The molecule has 1 saturated carbocycles. The SMILES string of the molecule is COc1ccc2cc1OCC(=O)NCCN(C(=O)Cc1cnc3c(C)cccn13)CCCC(=O)NCC(CC1CC1)(C(=O)NCc1n[nH]c3c1CCC3)C2. The molecule has 4 N–H and O–H groups in total.